The number of ether oxygens (including phenoxy) is 1. The highest BCUT2D eigenvalue weighted by Crippen LogP contribution is 2.54. The molecule has 1 aliphatic heterocycles. The van der Waals surface area contributed by atoms with Crippen LogP contribution in [-0.4, -0.2) is 17.9 Å². The van der Waals surface area contributed by atoms with Gasteiger partial charge in [0.25, 0.3) is 0 Å². The van der Waals surface area contributed by atoms with Gasteiger partial charge < -0.3 is 4.74 Å². The third-order valence-corrected chi connectivity index (χ3v) is 5.11. The summed E-state index contributed by atoms with van der Waals surface area (Å²) in [5.74, 6) is 0.181. The molecule has 2 aliphatic carbocycles. The summed E-state index contributed by atoms with van der Waals surface area (Å²) in [6.45, 7) is 7.98. The summed E-state index contributed by atoms with van der Waals surface area (Å²) >= 11 is 0. The fourth-order valence-corrected chi connectivity index (χ4v) is 3.88. The molecule has 96 valence electrons. The Morgan fingerprint density at radius 3 is 2.83 bits per heavy atom. The summed E-state index contributed by atoms with van der Waals surface area (Å²) in [6.07, 6.45) is 4.96. The lowest BCUT2D eigenvalue weighted by atomic mass is 9.56. The van der Waals surface area contributed by atoms with Crippen molar-refractivity contribution in [2.45, 2.75) is 32.8 Å². The molecule has 3 heteroatoms. The first kappa shape index (κ1) is 11.7. The molecule has 3 aliphatic rings. The molecule has 0 aromatic rings. The van der Waals surface area contributed by atoms with Gasteiger partial charge in [0.05, 0.1) is 5.92 Å². The number of hydrogen-bond donors (Lipinski definition) is 0. The first-order valence-corrected chi connectivity index (χ1v) is 6.57. The maximum absolute atomic E-state index is 12.2. The molecule has 3 rings (SSSR count). The number of esters is 1. The third-order valence-electron chi connectivity index (χ3n) is 5.11. The van der Waals surface area contributed by atoms with E-state index in [1.54, 1.807) is 12.2 Å². The van der Waals surface area contributed by atoms with Crippen molar-refractivity contribution in [3.8, 4) is 0 Å². The molecule has 0 spiro atoms. The van der Waals surface area contributed by atoms with Gasteiger partial charge in [-0.1, -0.05) is 26.5 Å². The average molecular weight is 246 g/mol. The van der Waals surface area contributed by atoms with E-state index in [4.69, 9.17) is 4.74 Å². The molecule has 0 amide bonds. The van der Waals surface area contributed by atoms with Gasteiger partial charge in [0.15, 0.2) is 5.78 Å². The highest BCUT2D eigenvalue weighted by molar-refractivity contribution is 5.97. The van der Waals surface area contributed by atoms with Crippen LogP contribution in [0.25, 0.3) is 0 Å². The van der Waals surface area contributed by atoms with Crippen LogP contribution < -0.4 is 0 Å². The minimum absolute atomic E-state index is 0.0392. The second-order valence-electron chi connectivity index (χ2n) is 6.06. The van der Waals surface area contributed by atoms with E-state index in [1.165, 1.54) is 0 Å². The standard InChI is InChI=1S/C15H18O3/c1-8-4-5-11(16)15(3)7-6-10-9(2)14(17)18-13(10)12(8)15/h4-5,9-10,12-13H,1,6-7H2,2-3H3. The third kappa shape index (κ3) is 1.30. The second-order valence-corrected chi connectivity index (χ2v) is 6.06. The van der Waals surface area contributed by atoms with Gasteiger partial charge in [-0.3, -0.25) is 9.59 Å². The number of rotatable bonds is 0. The van der Waals surface area contributed by atoms with Gasteiger partial charge in [0.1, 0.15) is 6.10 Å². The normalized spacial score (nSPS) is 46.7. The zero-order valence-electron chi connectivity index (χ0n) is 10.8. The van der Waals surface area contributed by atoms with E-state index in [-0.39, 0.29) is 35.6 Å². The van der Waals surface area contributed by atoms with Gasteiger partial charge in [-0.25, -0.2) is 0 Å². The van der Waals surface area contributed by atoms with Gasteiger partial charge in [-0.2, -0.15) is 0 Å². The average Bonchev–Trinajstić information content (AvgIpc) is 2.60. The van der Waals surface area contributed by atoms with Crippen LogP contribution in [0, 0.1) is 23.2 Å². The van der Waals surface area contributed by atoms with E-state index in [2.05, 4.69) is 6.58 Å². The first-order chi connectivity index (χ1) is 8.45. The molecule has 0 aromatic carbocycles. The van der Waals surface area contributed by atoms with Gasteiger partial charge >= 0.3 is 5.97 Å². The fraction of sp³-hybridized carbons (Fsp3) is 0.600. The topological polar surface area (TPSA) is 43.4 Å². The fourth-order valence-electron chi connectivity index (χ4n) is 3.88. The summed E-state index contributed by atoms with van der Waals surface area (Å²) in [4.78, 5) is 23.9. The Morgan fingerprint density at radius 2 is 2.11 bits per heavy atom. The van der Waals surface area contributed by atoms with E-state index in [0.29, 0.717) is 0 Å². The van der Waals surface area contributed by atoms with Crippen molar-refractivity contribution in [2.75, 3.05) is 0 Å². The van der Waals surface area contributed by atoms with Crippen molar-refractivity contribution in [2.24, 2.45) is 23.2 Å². The van der Waals surface area contributed by atoms with Crippen molar-refractivity contribution in [3.05, 3.63) is 24.3 Å². The number of ketones is 1. The number of allylic oxidation sites excluding steroid dienone is 2. The van der Waals surface area contributed by atoms with Crippen LogP contribution in [0.1, 0.15) is 26.7 Å². The second kappa shape index (κ2) is 3.56. The van der Waals surface area contributed by atoms with Gasteiger partial charge in [-0.05, 0) is 24.5 Å². The molecule has 1 heterocycles. The molecule has 0 N–H and O–H groups in total. The molecule has 0 radical (unpaired) electrons. The van der Waals surface area contributed by atoms with Crippen LogP contribution in [0.2, 0.25) is 0 Å². The Labute approximate surface area is 107 Å². The minimum atomic E-state index is -0.433. The molecule has 5 atom stereocenters. The molecule has 0 bridgehead atoms. The van der Waals surface area contributed by atoms with Crippen molar-refractivity contribution in [1.29, 1.82) is 0 Å². The van der Waals surface area contributed by atoms with Crippen molar-refractivity contribution in [1.82, 2.24) is 0 Å². The van der Waals surface area contributed by atoms with E-state index in [1.807, 2.05) is 13.8 Å². The zero-order chi connectivity index (χ0) is 13.1. The molecule has 2 fully saturated rings. The molecule has 1 saturated heterocycles. The quantitative estimate of drug-likeness (QED) is 0.616. The summed E-state index contributed by atoms with van der Waals surface area (Å²) in [5, 5.41) is 0. The number of fused-ring (bicyclic) bond motifs is 3. The predicted octanol–water partition coefficient (Wildman–Crippen LogP) is 2.28. The Bertz CT molecular complexity index is 476. The number of hydrogen-bond acceptors (Lipinski definition) is 3. The summed E-state index contributed by atoms with van der Waals surface area (Å²) in [5.41, 5.74) is 0.492. The van der Waals surface area contributed by atoms with Crippen LogP contribution in [0.15, 0.2) is 24.3 Å². The lowest BCUT2D eigenvalue weighted by molar-refractivity contribution is -0.150. The largest absolute Gasteiger partial charge is 0.461 e. The number of carbonyl (C=O) groups is 2. The van der Waals surface area contributed by atoms with Crippen LogP contribution in [0.5, 0.6) is 0 Å². The van der Waals surface area contributed by atoms with Crippen LogP contribution in [0.4, 0.5) is 0 Å². The molecule has 5 unspecified atom stereocenters. The van der Waals surface area contributed by atoms with Crippen LogP contribution >= 0.6 is 0 Å². The first-order valence-electron chi connectivity index (χ1n) is 6.57. The Kier molecular flexibility index (Phi) is 2.31. The molecule has 1 saturated carbocycles. The van der Waals surface area contributed by atoms with Gasteiger partial charge in [0.2, 0.25) is 0 Å². The summed E-state index contributed by atoms with van der Waals surface area (Å²) in [7, 11) is 0. The zero-order valence-corrected chi connectivity index (χ0v) is 10.8. The van der Waals surface area contributed by atoms with Crippen molar-refractivity contribution in [3.63, 3.8) is 0 Å². The highest BCUT2D eigenvalue weighted by Gasteiger charge is 2.58. The van der Waals surface area contributed by atoms with E-state index >= 15 is 0 Å². The number of carbonyl (C=O) groups excluding carboxylic acids is 2. The maximum Gasteiger partial charge on any atom is 0.309 e. The van der Waals surface area contributed by atoms with E-state index in [0.717, 1.165) is 18.4 Å². The lowest BCUT2D eigenvalue weighted by Crippen LogP contribution is -2.50. The Balaban J connectivity index is 2.04. The highest BCUT2D eigenvalue weighted by atomic mass is 16.6. The van der Waals surface area contributed by atoms with E-state index in [9.17, 15) is 9.59 Å². The van der Waals surface area contributed by atoms with Gasteiger partial charge in [0, 0.05) is 17.3 Å². The molecule has 3 nitrogen and oxygen atoms in total. The summed E-state index contributed by atoms with van der Waals surface area (Å²) in [6, 6.07) is 0. The monoisotopic (exact) mass is 246 g/mol. The minimum Gasteiger partial charge on any atom is -0.461 e. The van der Waals surface area contributed by atoms with Crippen LogP contribution in [-0.2, 0) is 14.3 Å². The van der Waals surface area contributed by atoms with Crippen molar-refractivity contribution >= 4 is 11.8 Å². The molecular formula is C15H18O3. The maximum atomic E-state index is 12.2. The smallest absolute Gasteiger partial charge is 0.309 e. The molecular weight excluding hydrogens is 228 g/mol. The summed E-state index contributed by atoms with van der Waals surface area (Å²) < 4.78 is 5.55. The Hall–Kier alpha value is -1.38. The predicted molar refractivity (Wildman–Crippen MR) is 66.7 cm³/mol. The lowest BCUT2D eigenvalue weighted by Gasteiger charge is -2.47. The van der Waals surface area contributed by atoms with Crippen LogP contribution in [0.3, 0.4) is 0 Å². The SMILES string of the molecule is C=C1C=CC(=O)C2(C)CCC3C(C)C(=O)OC3C12. The molecule has 18 heavy (non-hydrogen) atoms. The van der Waals surface area contributed by atoms with Crippen molar-refractivity contribution < 1.29 is 14.3 Å². The molecule has 0 aromatic heterocycles. The van der Waals surface area contributed by atoms with E-state index < -0.39 is 5.41 Å². The van der Waals surface area contributed by atoms with Gasteiger partial charge in [-0.15, -0.1) is 0 Å². The Morgan fingerprint density at radius 1 is 1.39 bits per heavy atom.